The molecule has 0 aliphatic heterocycles. The number of nitrogen functional groups attached to an aromatic ring is 1. The molecular weight excluding hydrogens is 254 g/mol. The monoisotopic (exact) mass is 279 g/mol. The highest BCUT2D eigenvalue weighted by Gasteiger charge is 2.19. The lowest BCUT2D eigenvalue weighted by Crippen LogP contribution is -2.30. The van der Waals surface area contributed by atoms with Crippen LogP contribution in [-0.2, 0) is 0 Å². The fourth-order valence-corrected chi connectivity index (χ4v) is 1.82. The van der Waals surface area contributed by atoms with E-state index in [0.29, 0.717) is 17.2 Å². The van der Waals surface area contributed by atoms with Crippen molar-refractivity contribution < 1.29 is 4.79 Å². The lowest BCUT2D eigenvalue weighted by molar-refractivity contribution is 0.0787. The Morgan fingerprint density at radius 2 is 2.15 bits per heavy atom. The second-order valence-corrected chi connectivity index (χ2v) is 5.22. The minimum Gasteiger partial charge on any atom is -0.340 e. The summed E-state index contributed by atoms with van der Waals surface area (Å²) in [6.45, 7) is 6.84. The van der Waals surface area contributed by atoms with E-state index in [0.717, 1.165) is 25.8 Å². The predicted molar refractivity (Wildman–Crippen MR) is 80.4 cm³/mol. The van der Waals surface area contributed by atoms with E-state index >= 15 is 0 Å². The first-order chi connectivity index (χ1) is 9.51. The SMILES string of the molecule is CCCCCN(C)C(=O)c1nc(C(C)C)ncc1NN. The van der Waals surface area contributed by atoms with Crippen molar-refractivity contribution in [3.05, 3.63) is 17.7 Å². The third kappa shape index (κ3) is 4.16. The van der Waals surface area contributed by atoms with Gasteiger partial charge in [-0.05, 0) is 6.42 Å². The highest BCUT2D eigenvalue weighted by atomic mass is 16.2. The number of hydrogen-bond donors (Lipinski definition) is 2. The maximum atomic E-state index is 12.4. The zero-order valence-electron chi connectivity index (χ0n) is 12.8. The minimum atomic E-state index is -0.127. The van der Waals surface area contributed by atoms with Crippen LogP contribution in [0.2, 0.25) is 0 Å². The van der Waals surface area contributed by atoms with Crippen LogP contribution >= 0.6 is 0 Å². The van der Waals surface area contributed by atoms with Gasteiger partial charge in [-0.3, -0.25) is 10.6 Å². The van der Waals surface area contributed by atoms with E-state index in [1.807, 2.05) is 13.8 Å². The van der Waals surface area contributed by atoms with Crippen LogP contribution < -0.4 is 11.3 Å². The molecule has 1 rings (SSSR count). The Bertz CT molecular complexity index is 447. The number of hydrazine groups is 1. The summed E-state index contributed by atoms with van der Waals surface area (Å²) in [5.41, 5.74) is 3.29. The maximum Gasteiger partial charge on any atom is 0.274 e. The summed E-state index contributed by atoms with van der Waals surface area (Å²) in [6.07, 6.45) is 4.80. The molecule has 1 heterocycles. The summed E-state index contributed by atoms with van der Waals surface area (Å²) in [7, 11) is 1.79. The van der Waals surface area contributed by atoms with E-state index in [9.17, 15) is 4.79 Å². The third-order valence-electron chi connectivity index (χ3n) is 3.13. The predicted octanol–water partition coefficient (Wildman–Crippen LogP) is 2.15. The number of nitrogens with one attached hydrogen (secondary N) is 1. The average molecular weight is 279 g/mol. The van der Waals surface area contributed by atoms with E-state index in [1.54, 1.807) is 18.1 Å². The molecular formula is C14H25N5O. The summed E-state index contributed by atoms with van der Waals surface area (Å²) in [4.78, 5) is 22.7. The number of nitrogens with two attached hydrogens (primary N) is 1. The van der Waals surface area contributed by atoms with Crippen LogP contribution in [0.1, 0.15) is 62.3 Å². The zero-order valence-corrected chi connectivity index (χ0v) is 12.8. The molecule has 1 aromatic heterocycles. The lowest BCUT2D eigenvalue weighted by Gasteiger charge is -2.18. The summed E-state index contributed by atoms with van der Waals surface area (Å²) in [5.74, 6) is 6.12. The Morgan fingerprint density at radius 3 is 2.70 bits per heavy atom. The van der Waals surface area contributed by atoms with Gasteiger partial charge in [-0.2, -0.15) is 0 Å². The number of anilines is 1. The zero-order chi connectivity index (χ0) is 15.1. The first kappa shape index (κ1) is 16.4. The van der Waals surface area contributed by atoms with Gasteiger partial charge >= 0.3 is 0 Å². The van der Waals surface area contributed by atoms with Crippen molar-refractivity contribution in [2.24, 2.45) is 5.84 Å². The Kier molecular flexibility index (Phi) is 6.38. The van der Waals surface area contributed by atoms with Gasteiger partial charge in [0, 0.05) is 19.5 Å². The molecule has 3 N–H and O–H groups in total. The van der Waals surface area contributed by atoms with Crippen LogP contribution in [-0.4, -0.2) is 34.4 Å². The van der Waals surface area contributed by atoms with Crippen molar-refractivity contribution in [2.45, 2.75) is 46.0 Å². The number of amides is 1. The normalized spacial score (nSPS) is 10.7. The van der Waals surface area contributed by atoms with Gasteiger partial charge in [0.25, 0.3) is 5.91 Å². The van der Waals surface area contributed by atoms with Crippen LogP contribution in [0.3, 0.4) is 0 Å². The fourth-order valence-electron chi connectivity index (χ4n) is 1.82. The molecule has 0 atom stereocenters. The molecule has 6 heteroatoms. The maximum absolute atomic E-state index is 12.4. The number of carbonyl (C=O) groups excluding carboxylic acids is 1. The number of carbonyl (C=O) groups is 1. The van der Waals surface area contributed by atoms with Crippen LogP contribution in [0.4, 0.5) is 5.69 Å². The van der Waals surface area contributed by atoms with Gasteiger partial charge < -0.3 is 10.3 Å². The molecule has 112 valence electrons. The number of aromatic nitrogens is 2. The number of unbranched alkanes of at least 4 members (excludes halogenated alkanes) is 2. The molecule has 0 fully saturated rings. The summed E-state index contributed by atoms with van der Waals surface area (Å²) >= 11 is 0. The largest absolute Gasteiger partial charge is 0.340 e. The first-order valence-corrected chi connectivity index (χ1v) is 7.10. The van der Waals surface area contributed by atoms with Gasteiger partial charge in [0.1, 0.15) is 5.82 Å². The summed E-state index contributed by atoms with van der Waals surface area (Å²) in [5, 5.41) is 0. The molecule has 1 amide bonds. The smallest absolute Gasteiger partial charge is 0.274 e. The van der Waals surface area contributed by atoms with E-state index in [-0.39, 0.29) is 11.8 Å². The molecule has 0 saturated heterocycles. The van der Waals surface area contributed by atoms with E-state index in [1.165, 1.54) is 0 Å². The highest BCUT2D eigenvalue weighted by Crippen LogP contribution is 2.17. The van der Waals surface area contributed by atoms with Gasteiger partial charge in [0.05, 0.1) is 11.9 Å². The Balaban J connectivity index is 2.91. The first-order valence-electron chi connectivity index (χ1n) is 7.10. The highest BCUT2D eigenvalue weighted by molar-refractivity contribution is 5.97. The molecule has 1 aromatic rings. The number of hydrogen-bond acceptors (Lipinski definition) is 5. The van der Waals surface area contributed by atoms with Gasteiger partial charge in [0.15, 0.2) is 5.69 Å². The van der Waals surface area contributed by atoms with E-state index in [2.05, 4.69) is 22.3 Å². The molecule has 6 nitrogen and oxygen atoms in total. The van der Waals surface area contributed by atoms with Crippen molar-refractivity contribution in [3.8, 4) is 0 Å². The van der Waals surface area contributed by atoms with Crippen molar-refractivity contribution >= 4 is 11.6 Å². The molecule has 20 heavy (non-hydrogen) atoms. The fraction of sp³-hybridized carbons (Fsp3) is 0.643. The molecule has 0 unspecified atom stereocenters. The van der Waals surface area contributed by atoms with Crippen LogP contribution in [0.15, 0.2) is 6.20 Å². The minimum absolute atomic E-state index is 0.127. The van der Waals surface area contributed by atoms with Gasteiger partial charge in [-0.25, -0.2) is 9.97 Å². The van der Waals surface area contributed by atoms with Crippen molar-refractivity contribution in [3.63, 3.8) is 0 Å². The van der Waals surface area contributed by atoms with Gasteiger partial charge in [-0.15, -0.1) is 0 Å². The van der Waals surface area contributed by atoms with Crippen molar-refractivity contribution in [2.75, 3.05) is 19.0 Å². The van der Waals surface area contributed by atoms with Gasteiger partial charge in [-0.1, -0.05) is 33.6 Å². The third-order valence-corrected chi connectivity index (χ3v) is 3.13. The van der Waals surface area contributed by atoms with Crippen LogP contribution in [0.5, 0.6) is 0 Å². The Morgan fingerprint density at radius 1 is 1.45 bits per heavy atom. The van der Waals surface area contributed by atoms with Crippen LogP contribution in [0, 0.1) is 0 Å². The molecule has 0 aliphatic rings. The average Bonchev–Trinajstić information content (AvgIpc) is 2.45. The topological polar surface area (TPSA) is 84.1 Å². The van der Waals surface area contributed by atoms with Crippen molar-refractivity contribution in [1.29, 1.82) is 0 Å². The van der Waals surface area contributed by atoms with E-state index < -0.39 is 0 Å². The molecule has 0 aliphatic carbocycles. The Labute approximate surface area is 120 Å². The molecule has 0 saturated carbocycles. The molecule has 0 radical (unpaired) electrons. The Hall–Kier alpha value is -1.69. The van der Waals surface area contributed by atoms with Gasteiger partial charge in [0.2, 0.25) is 0 Å². The summed E-state index contributed by atoms with van der Waals surface area (Å²) in [6, 6.07) is 0. The second-order valence-electron chi connectivity index (χ2n) is 5.22. The standard InChI is InChI=1S/C14H25N5O/c1-5-6-7-8-19(4)14(20)12-11(18-15)9-16-13(17-12)10(2)3/h9-10,18H,5-8,15H2,1-4H3. The number of rotatable bonds is 7. The summed E-state index contributed by atoms with van der Waals surface area (Å²) < 4.78 is 0. The second kappa shape index (κ2) is 7.79. The van der Waals surface area contributed by atoms with E-state index in [4.69, 9.17) is 5.84 Å². The quantitative estimate of drug-likeness (QED) is 0.454. The molecule has 0 aromatic carbocycles. The molecule has 0 spiro atoms. The molecule has 0 bridgehead atoms. The number of nitrogens with zero attached hydrogens (tertiary/aromatic N) is 3. The van der Waals surface area contributed by atoms with Crippen molar-refractivity contribution in [1.82, 2.24) is 14.9 Å². The lowest BCUT2D eigenvalue weighted by atomic mass is 10.2. The van der Waals surface area contributed by atoms with Crippen LogP contribution in [0.25, 0.3) is 0 Å².